The van der Waals surface area contributed by atoms with Crippen LogP contribution >= 0.6 is 0 Å². The SMILES string of the molecule is CCOC(=O)/C=C\C(=O)Nc1cc([N+](=O)[O-])ccc1C. The number of nitrogens with zero attached hydrogens (tertiary/aromatic N) is 1. The predicted octanol–water partition coefficient (Wildman–Crippen LogP) is 1.96. The first-order chi connectivity index (χ1) is 9.43. The van der Waals surface area contributed by atoms with E-state index in [4.69, 9.17) is 0 Å². The Kier molecular flexibility index (Phi) is 5.40. The quantitative estimate of drug-likeness (QED) is 0.384. The molecular formula is C13H14N2O5. The molecular weight excluding hydrogens is 264 g/mol. The number of nitro groups is 1. The number of non-ortho nitro benzene ring substituents is 1. The van der Waals surface area contributed by atoms with Gasteiger partial charge < -0.3 is 10.1 Å². The van der Waals surface area contributed by atoms with Crippen molar-refractivity contribution < 1.29 is 19.2 Å². The number of carbonyl (C=O) groups excluding carboxylic acids is 2. The monoisotopic (exact) mass is 278 g/mol. The average molecular weight is 278 g/mol. The van der Waals surface area contributed by atoms with Gasteiger partial charge in [0, 0.05) is 24.3 Å². The Morgan fingerprint density at radius 2 is 2.10 bits per heavy atom. The van der Waals surface area contributed by atoms with Crippen molar-refractivity contribution in [3.05, 3.63) is 46.0 Å². The molecule has 20 heavy (non-hydrogen) atoms. The molecule has 0 heterocycles. The van der Waals surface area contributed by atoms with E-state index < -0.39 is 16.8 Å². The van der Waals surface area contributed by atoms with Crippen LogP contribution in [0.25, 0.3) is 0 Å². The summed E-state index contributed by atoms with van der Waals surface area (Å²) < 4.78 is 4.62. The fraction of sp³-hybridized carbons (Fsp3) is 0.231. The van der Waals surface area contributed by atoms with Crippen LogP contribution in [0.3, 0.4) is 0 Å². The number of nitrogens with one attached hydrogen (secondary N) is 1. The molecule has 1 rings (SSSR count). The Labute approximate surface area is 115 Å². The minimum atomic E-state index is -0.626. The fourth-order valence-electron chi connectivity index (χ4n) is 1.37. The topological polar surface area (TPSA) is 98.5 Å². The molecule has 0 aliphatic heterocycles. The summed E-state index contributed by atoms with van der Waals surface area (Å²) in [6.45, 7) is 3.57. The summed E-state index contributed by atoms with van der Waals surface area (Å²) in [5, 5.41) is 13.1. The summed E-state index contributed by atoms with van der Waals surface area (Å²) in [5.41, 5.74) is 0.867. The first kappa shape index (κ1) is 15.4. The molecule has 0 fully saturated rings. The van der Waals surface area contributed by atoms with Crippen LogP contribution in [0, 0.1) is 17.0 Å². The van der Waals surface area contributed by atoms with Gasteiger partial charge in [0.1, 0.15) is 0 Å². The molecule has 106 valence electrons. The molecule has 7 heteroatoms. The summed E-state index contributed by atoms with van der Waals surface area (Å²) in [4.78, 5) is 32.7. The molecule has 7 nitrogen and oxygen atoms in total. The Balaban J connectivity index is 2.77. The number of amides is 1. The molecule has 0 aliphatic carbocycles. The van der Waals surface area contributed by atoms with E-state index in [1.165, 1.54) is 18.2 Å². The van der Waals surface area contributed by atoms with Gasteiger partial charge in [0.25, 0.3) is 5.69 Å². The molecule has 0 saturated heterocycles. The average Bonchev–Trinajstić information content (AvgIpc) is 2.39. The minimum Gasteiger partial charge on any atom is -0.463 e. The summed E-state index contributed by atoms with van der Waals surface area (Å²) in [5.74, 6) is -1.19. The van der Waals surface area contributed by atoms with Crippen LogP contribution in [-0.4, -0.2) is 23.4 Å². The molecule has 0 saturated carbocycles. The Hall–Kier alpha value is -2.70. The molecule has 0 radical (unpaired) electrons. The number of ether oxygens (including phenoxy) is 1. The zero-order valence-electron chi connectivity index (χ0n) is 11.1. The van der Waals surface area contributed by atoms with Gasteiger partial charge in [0.05, 0.1) is 17.2 Å². The Morgan fingerprint density at radius 1 is 1.40 bits per heavy atom. The van der Waals surface area contributed by atoms with Gasteiger partial charge in [-0.2, -0.15) is 0 Å². The molecule has 1 aromatic rings. The first-order valence-corrected chi connectivity index (χ1v) is 5.85. The normalized spacial score (nSPS) is 10.3. The second-order valence-corrected chi connectivity index (χ2v) is 3.83. The molecule has 1 amide bonds. The van der Waals surface area contributed by atoms with Crippen molar-refractivity contribution in [2.24, 2.45) is 0 Å². The molecule has 0 atom stereocenters. The van der Waals surface area contributed by atoms with Crippen molar-refractivity contribution in [2.75, 3.05) is 11.9 Å². The number of hydrogen-bond acceptors (Lipinski definition) is 5. The zero-order valence-corrected chi connectivity index (χ0v) is 11.1. The van der Waals surface area contributed by atoms with Crippen LogP contribution in [0.4, 0.5) is 11.4 Å². The lowest BCUT2D eigenvalue weighted by Crippen LogP contribution is -2.10. The zero-order chi connectivity index (χ0) is 15.1. The highest BCUT2D eigenvalue weighted by Crippen LogP contribution is 2.21. The third-order valence-electron chi connectivity index (χ3n) is 2.35. The van der Waals surface area contributed by atoms with Gasteiger partial charge in [-0.15, -0.1) is 0 Å². The van der Waals surface area contributed by atoms with Crippen molar-refractivity contribution in [3.8, 4) is 0 Å². The van der Waals surface area contributed by atoms with Gasteiger partial charge in [-0.3, -0.25) is 14.9 Å². The highest BCUT2D eigenvalue weighted by molar-refractivity contribution is 6.03. The van der Waals surface area contributed by atoms with Crippen molar-refractivity contribution in [2.45, 2.75) is 13.8 Å². The van der Waals surface area contributed by atoms with Gasteiger partial charge in [-0.25, -0.2) is 4.79 Å². The van der Waals surface area contributed by atoms with Crippen LogP contribution in [0.2, 0.25) is 0 Å². The second-order valence-electron chi connectivity index (χ2n) is 3.83. The van der Waals surface area contributed by atoms with E-state index in [0.29, 0.717) is 11.3 Å². The van der Waals surface area contributed by atoms with Gasteiger partial charge in [-0.1, -0.05) is 6.07 Å². The fourth-order valence-corrected chi connectivity index (χ4v) is 1.37. The number of anilines is 1. The number of esters is 1. The molecule has 0 aliphatic rings. The van der Waals surface area contributed by atoms with Gasteiger partial charge in [0.15, 0.2) is 0 Å². The molecule has 0 aromatic heterocycles. The maximum Gasteiger partial charge on any atom is 0.330 e. The van der Waals surface area contributed by atoms with Crippen LogP contribution in [0.1, 0.15) is 12.5 Å². The van der Waals surface area contributed by atoms with Crippen LogP contribution < -0.4 is 5.32 Å². The van der Waals surface area contributed by atoms with E-state index in [1.54, 1.807) is 13.8 Å². The maximum atomic E-state index is 11.6. The standard InChI is InChI=1S/C13H14N2O5/c1-3-20-13(17)7-6-12(16)14-11-8-10(15(18)19)5-4-9(11)2/h4-8H,3H2,1-2H3,(H,14,16)/b7-6-. The van der Waals surface area contributed by atoms with E-state index in [0.717, 1.165) is 12.2 Å². The van der Waals surface area contributed by atoms with E-state index in [-0.39, 0.29) is 12.3 Å². The van der Waals surface area contributed by atoms with Crippen molar-refractivity contribution in [1.29, 1.82) is 0 Å². The number of hydrogen-bond donors (Lipinski definition) is 1. The molecule has 1 aromatic carbocycles. The molecule has 0 spiro atoms. The maximum absolute atomic E-state index is 11.6. The molecule has 1 N–H and O–H groups in total. The minimum absolute atomic E-state index is 0.125. The first-order valence-electron chi connectivity index (χ1n) is 5.85. The van der Waals surface area contributed by atoms with Crippen LogP contribution in [0.15, 0.2) is 30.4 Å². The highest BCUT2D eigenvalue weighted by atomic mass is 16.6. The van der Waals surface area contributed by atoms with E-state index in [9.17, 15) is 19.7 Å². The highest BCUT2D eigenvalue weighted by Gasteiger charge is 2.10. The lowest BCUT2D eigenvalue weighted by Gasteiger charge is -2.05. The molecule has 0 unspecified atom stereocenters. The lowest BCUT2D eigenvalue weighted by molar-refractivity contribution is -0.384. The van der Waals surface area contributed by atoms with Crippen molar-refractivity contribution >= 4 is 23.3 Å². The number of carbonyl (C=O) groups is 2. The number of nitro benzene ring substituents is 1. The summed E-state index contributed by atoms with van der Waals surface area (Å²) in [6, 6.07) is 4.13. The van der Waals surface area contributed by atoms with Gasteiger partial charge in [-0.05, 0) is 19.4 Å². The van der Waals surface area contributed by atoms with E-state index >= 15 is 0 Å². The van der Waals surface area contributed by atoms with E-state index in [1.807, 2.05) is 0 Å². The number of aryl methyl sites for hydroxylation is 1. The predicted molar refractivity (Wildman–Crippen MR) is 72.2 cm³/mol. The smallest absolute Gasteiger partial charge is 0.330 e. The summed E-state index contributed by atoms with van der Waals surface area (Å²) in [6.07, 6.45) is 2.00. The van der Waals surface area contributed by atoms with E-state index in [2.05, 4.69) is 10.1 Å². The largest absolute Gasteiger partial charge is 0.463 e. The van der Waals surface area contributed by atoms with Gasteiger partial charge in [0.2, 0.25) is 5.91 Å². The summed E-state index contributed by atoms with van der Waals surface area (Å²) in [7, 11) is 0. The summed E-state index contributed by atoms with van der Waals surface area (Å²) >= 11 is 0. The third kappa shape index (κ3) is 4.52. The van der Waals surface area contributed by atoms with Crippen molar-refractivity contribution in [3.63, 3.8) is 0 Å². The van der Waals surface area contributed by atoms with Gasteiger partial charge >= 0.3 is 5.97 Å². The third-order valence-corrected chi connectivity index (χ3v) is 2.35. The Bertz CT molecular complexity index is 566. The number of benzene rings is 1. The molecule has 0 bridgehead atoms. The lowest BCUT2D eigenvalue weighted by atomic mass is 10.2. The number of rotatable bonds is 5. The second kappa shape index (κ2) is 7.03. The van der Waals surface area contributed by atoms with Crippen LogP contribution in [-0.2, 0) is 14.3 Å². The Morgan fingerprint density at radius 3 is 2.70 bits per heavy atom. The van der Waals surface area contributed by atoms with Crippen molar-refractivity contribution in [1.82, 2.24) is 0 Å². The van der Waals surface area contributed by atoms with Crippen LogP contribution in [0.5, 0.6) is 0 Å².